The van der Waals surface area contributed by atoms with Gasteiger partial charge in [0.1, 0.15) is 10.8 Å². The zero-order chi connectivity index (χ0) is 16.8. The summed E-state index contributed by atoms with van der Waals surface area (Å²) in [5.74, 6) is 0.422. The number of para-hydroxylation sites is 2. The summed E-state index contributed by atoms with van der Waals surface area (Å²) in [6.07, 6.45) is 1.78. The zero-order valence-corrected chi connectivity index (χ0v) is 13.7. The standard InChI is InChI=1S/C17H11FN6S/c18-12-5-3-4-11(8-12)16-22-24-15(20-21-17(24)25-16)9-23-10-19-13-6-1-2-7-14(13)23/h1-8,10H,9H2. The molecule has 8 heteroatoms. The van der Waals surface area contributed by atoms with Gasteiger partial charge in [-0.3, -0.25) is 0 Å². The maximum atomic E-state index is 13.4. The molecule has 6 nitrogen and oxygen atoms in total. The fourth-order valence-electron chi connectivity index (χ4n) is 2.78. The average Bonchev–Trinajstić information content (AvgIpc) is 3.31. The molecule has 3 aromatic heterocycles. The Morgan fingerprint density at radius 2 is 1.96 bits per heavy atom. The van der Waals surface area contributed by atoms with E-state index in [2.05, 4.69) is 20.3 Å². The predicted molar refractivity (Wildman–Crippen MR) is 92.9 cm³/mol. The lowest BCUT2D eigenvalue weighted by atomic mass is 10.2. The van der Waals surface area contributed by atoms with Crippen molar-refractivity contribution in [2.24, 2.45) is 0 Å². The molecule has 0 unspecified atom stereocenters. The first-order chi connectivity index (χ1) is 12.3. The molecule has 122 valence electrons. The number of rotatable bonds is 3. The quantitative estimate of drug-likeness (QED) is 0.500. The van der Waals surface area contributed by atoms with E-state index in [1.165, 1.54) is 23.5 Å². The van der Waals surface area contributed by atoms with Crippen LogP contribution in [0.5, 0.6) is 0 Å². The molecule has 0 fully saturated rings. The van der Waals surface area contributed by atoms with Crippen LogP contribution in [0.1, 0.15) is 5.82 Å². The molecule has 5 rings (SSSR count). The first-order valence-electron chi connectivity index (χ1n) is 7.65. The van der Waals surface area contributed by atoms with Crippen molar-refractivity contribution in [3.63, 3.8) is 0 Å². The summed E-state index contributed by atoms with van der Waals surface area (Å²) in [6.45, 7) is 0.508. The molecule has 0 amide bonds. The second kappa shape index (κ2) is 5.45. The fourth-order valence-corrected chi connectivity index (χ4v) is 3.64. The van der Waals surface area contributed by atoms with Gasteiger partial charge in [-0.15, -0.1) is 10.2 Å². The summed E-state index contributed by atoms with van der Waals surface area (Å²) in [4.78, 5) is 5.07. The summed E-state index contributed by atoms with van der Waals surface area (Å²) in [5.41, 5.74) is 2.69. The van der Waals surface area contributed by atoms with Crippen LogP contribution in [0.25, 0.3) is 26.6 Å². The highest BCUT2D eigenvalue weighted by Gasteiger charge is 2.14. The van der Waals surface area contributed by atoms with Crippen molar-refractivity contribution in [2.45, 2.75) is 6.54 Å². The van der Waals surface area contributed by atoms with Crippen LogP contribution in [0, 0.1) is 5.82 Å². The maximum absolute atomic E-state index is 13.4. The second-order valence-corrected chi connectivity index (χ2v) is 6.55. The molecule has 25 heavy (non-hydrogen) atoms. The molecule has 0 aliphatic heterocycles. The maximum Gasteiger partial charge on any atom is 0.235 e. The van der Waals surface area contributed by atoms with E-state index < -0.39 is 0 Å². The van der Waals surface area contributed by atoms with Crippen LogP contribution in [0.4, 0.5) is 4.39 Å². The van der Waals surface area contributed by atoms with Crippen LogP contribution in [0.3, 0.4) is 0 Å². The van der Waals surface area contributed by atoms with Gasteiger partial charge in [-0.2, -0.15) is 9.61 Å². The third-order valence-corrected chi connectivity index (χ3v) is 4.91. The van der Waals surface area contributed by atoms with Crippen LogP contribution in [-0.2, 0) is 6.54 Å². The number of fused-ring (bicyclic) bond motifs is 2. The summed E-state index contributed by atoms with van der Waals surface area (Å²) < 4.78 is 17.2. The van der Waals surface area contributed by atoms with Crippen molar-refractivity contribution in [2.75, 3.05) is 0 Å². The largest absolute Gasteiger partial charge is 0.323 e. The number of aromatic nitrogens is 6. The molecule has 0 spiro atoms. The average molecular weight is 350 g/mol. The molecule has 0 bridgehead atoms. The number of halogens is 1. The number of hydrogen-bond acceptors (Lipinski definition) is 5. The highest BCUT2D eigenvalue weighted by molar-refractivity contribution is 7.19. The Morgan fingerprint density at radius 1 is 1.04 bits per heavy atom. The molecule has 0 saturated carbocycles. The SMILES string of the molecule is Fc1cccc(-c2nn3c(Cn4cnc5ccccc54)nnc3s2)c1. The molecule has 0 saturated heterocycles. The minimum Gasteiger partial charge on any atom is -0.323 e. The molecule has 5 aromatic rings. The summed E-state index contributed by atoms with van der Waals surface area (Å²) in [5, 5.41) is 13.7. The van der Waals surface area contributed by atoms with Crippen molar-refractivity contribution in [1.82, 2.24) is 29.4 Å². The topological polar surface area (TPSA) is 60.9 Å². The normalized spacial score (nSPS) is 11.6. The Kier molecular flexibility index (Phi) is 3.10. The van der Waals surface area contributed by atoms with E-state index in [-0.39, 0.29) is 5.82 Å². The lowest BCUT2D eigenvalue weighted by molar-refractivity contribution is 0.628. The van der Waals surface area contributed by atoms with E-state index in [1.807, 2.05) is 34.9 Å². The molecule has 0 aliphatic rings. The van der Waals surface area contributed by atoms with Gasteiger partial charge in [0.15, 0.2) is 5.82 Å². The Bertz CT molecular complexity index is 1200. The van der Waals surface area contributed by atoms with E-state index in [0.29, 0.717) is 22.3 Å². The number of nitrogens with zero attached hydrogens (tertiary/aromatic N) is 6. The second-order valence-electron chi connectivity index (χ2n) is 5.59. The van der Waals surface area contributed by atoms with E-state index >= 15 is 0 Å². The molecular formula is C17H11FN6S. The van der Waals surface area contributed by atoms with Gasteiger partial charge in [0.2, 0.25) is 4.96 Å². The number of benzene rings is 2. The molecule has 2 aromatic carbocycles. The van der Waals surface area contributed by atoms with Crippen molar-refractivity contribution < 1.29 is 4.39 Å². The number of imidazole rings is 1. The summed E-state index contributed by atoms with van der Waals surface area (Å²) in [6, 6.07) is 14.3. The summed E-state index contributed by atoms with van der Waals surface area (Å²) in [7, 11) is 0. The monoisotopic (exact) mass is 350 g/mol. The van der Waals surface area contributed by atoms with Crippen LogP contribution in [0.2, 0.25) is 0 Å². The van der Waals surface area contributed by atoms with Gasteiger partial charge in [-0.05, 0) is 24.3 Å². The predicted octanol–water partition coefficient (Wildman–Crippen LogP) is 3.39. The molecule has 0 radical (unpaired) electrons. The third kappa shape index (κ3) is 2.38. The van der Waals surface area contributed by atoms with E-state index in [4.69, 9.17) is 0 Å². The van der Waals surface area contributed by atoms with Gasteiger partial charge in [0.25, 0.3) is 0 Å². The Labute approximate surface area is 145 Å². The van der Waals surface area contributed by atoms with E-state index in [9.17, 15) is 4.39 Å². The highest BCUT2D eigenvalue weighted by Crippen LogP contribution is 2.26. The van der Waals surface area contributed by atoms with Crippen LogP contribution < -0.4 is 0 Å². The van der Waals surface area contributed by atoms with Crippen LogP contribution in [0.15, 0.2) is 54.9 Å². The van der Waals surface area contributed by atoms with Gasteiger partial charge >= 0.3 is 0 Å². The van der Waals surface area contributed by atoms with Crippen LogP contribution >= 0.6 is 11.3 Å². The van der Waals surface area contributed by atoms with E-state index in [1.54, 1.807) is 16.9 Å². The molecule has 3 heterocycles. The smallest absolute Gasteiger partial charge is 0.235 e. The van der Waals surface area contributed by atoms with Gasteiger partial charge in [0.05, 0.1) is 23.9 Å². The van der Waals surface area contributed by atoms with Gasteiger partial charge < -0.3 is 4.57 Å². The molecule has 0 N–H and O–H groups in total. The van der Waals surface area contributed by atoms with Crippen molar-refractivity contribution in [1.29, 1.82) is 0 Å². The Morgan fingerprint density at radius 3 is 2.88 bits per heavy atom. The molecule has 0 aliphatic carbocycles. The van der Waals surface area contributed by atoms with Crippen molar-refractivity contribution >= 4 is 27.3 Å². The first kappa shape index (κ1) is 14.2. The van der Waals surface area contributed by atoms with Gasteiger partial charge in [-0.1, -0.05) is 35.6 Å². The minimum atomic E-state index is -0.284. The number of hydrogen-bond donors (Lipinski definition) is 0. The van der Waals surface area contributed by atoms with Gasteiger partial charge in [-0.25, -0.2) is 9.37 Å². The third-order valence-electron chi connectivity index (χ3n) is 3.97. The van der Waals surface area contributed by atoms with Crippen molar-refractivity contribution in [3.8, 4) is 10.6 Å². The molecular weight excluding hydrogens is 339 g/mol. The lowest BCUT2D eigenvalue weighted by Crippen LogP contribution is -2.04. The highest BCUT2D eigenvalue weighted by atomic mass is 32.1. The summed E-state index contributed by atoms with van der Waals surface area (Å²) >= 11 is 1.38. The van der Waals surface area contributed by atoms with Gasteiger partial charge in [0, 0.05) is 5.56 Å². The Balaban J connectivity index is 1.56. The minimum absolute atomic E-state index is 0.284. The van der Waals surface area contributed by atoms with Crippen LogP contribution in [-0.4, -0.2) is 29.4 Å². The first-order valence-corrected chi connectivity index (χ1v) is 8.46. The lowest BCUT2D eigenvalue weighted by Gasteiger charge is -2.01. The fraction of sp³-hybridized carbons (Fsp3) is 0.0588. The van der Waals surface area contributed by atoms with Crippen molar-refractivity contribution in [3.05, 3.63) is 66.5 Å². The van der Waals surface area contributed by atoms with E-state index in [0.717, 1.165) is 16.6 Å². The molecule has 0 atom stereocenters. The Hall–Kier alpha value is -3.13. The zero-order valence-electron chi connectivity index (χ0n) is 12.9.